The van der Waals surface area contributed by atoms with Crippen molar-refractivity contribution in [1.29, 1.82) is 0 Å². The van der Waals surface area contributed by atoms with E-state index in [4.69, 9.17) is 5.73 Å². The smallest absolute Gasteiger partial charge is 0.225 e. The molecule has 0 atom stereocenters. The van der Waals surface area contributed by atoms with Crippen LogP contribution in [0.5, 0.6) is 0 Å². The Kier molecular flexibility index (Phi) is 4.94. The lowest BCUT2D eigenvalue weighted by Crippen LogP contribution is -2.28. The minimum atomic E-state index is -0.0808. The molecule has 1 aromatic carbocycles. The van der Waals surface area contributed by atoms with E-state index in [1.54, 1.807) is 20.0 Å². The molecule has 4 heteroatoms. The van der Waals surface area contributed by atoms with E-state index in [2.05, 4.69) is 10.3 Å². The Morgan fingerprint density at radius 1 is 1.41 bits per heavy atom. The summed E-state index contributed by atoms with van der Waals surface area (Å²) in [4.78, 5) is 15.2. The Labute approximate surface area is 101 Å². The van der Waals surface area contributed by atoms with Gasteiger partial charge in [0.15, 0.2) is 0 Å². The molecule has 1 rings (SSSR count). The maximum atomic E-state index is 11.2. The molecule has 0 aliphatic rings. The quantitative estimate of drug-likeness (QED) is 0.612. The predicted octanol–water partition coefficient (Wildman–Crippen LogP) is 1.54. The summed E-state index contributed by atoms with van der Waals surface area (Å²) in [5.74, 6) is 0.390. The van der Waals surface area contributed by atoms with Crippen molar-refractivity contribution >= 4 is 17.4 Å². The zero-order valence-corrected chi connectivity index (χ0v) is 10.1. The van der Waals surface area contributed by atoms with Crippen LogP contribution in [0.3, 0.4) is 0 Å². The number of nitrogens with two attached hydrogens (primary N) is 1. The molecule has 0 aliphatic carbocycles. The van der Waals surface area contributed by atoms with E-state index in [0.29, 0.717) is 18.0 Å². The minimum absolute atomic E-state index is 0.0808. The van der Waals surface area contributed by atoms with Crippen LogP contribution in [0.1, 0.15) is 18.9 Å². The number of nitrogens with zero attached hydrogens (tertiary/aromatic N) is 1. The second-order valence-electron chi connectivity index (χ2n) is 3.48. The highest BCUT2D eigenvalue weighted by Crippen LogP contribution is 2.07. The molecule has 0 bridgehead atoms. The molecule has 4 nitrogen and oxygen atoms in total. The fourth-order valence-electron chi connectivity index (χ4n) is 1.25. The van der Waals surface area contributed by atoms with Gasteiger partial charge in [-0.2, -0.15) is 0 Å². The van der Waals surface area contributed by atoms with Crippen LogP contribution in [0.15, 0.2) is 41.4 Å². The lowest BCUT2D eigenvalue weighted by molar-refractivity contribution is -0.119. The molecule has 0 spiro atoms. The zero-order valence-electron chi connectivity index (χ0n) is 10.1. The van der Waals surface area contributed by atoms with Crippen molar-refractivity contribution in [2.24, 2.45) is 10.7 Å². The zero-order chi connectivity index (χ0) is 12.7. The summed E-state index contributed by atoms with van der Waals surface area (Å²) in [6, 6.07) is 9.54. The minimum Gasteiger partial charge on any atom is -0.398 e. The number of benzene rings is 1. The number of hydrogen-bond donors (Lipinski definition) is 2. The molecule has 90 valence electrons. The third kappa shape index (κ3) is 4.10. The summed E-state index contributed by atoms with van der Waals surface area (Å²) in [5.41, 5.74) is 7.39. The van der Waals surface area contributed by atoms with Crippen LogP contribution < -0.4 is 11.1 Å². The number of rotatable bonds is 3. The number of hydrogen-bond acceptors (Lipinski definition) is 3. The SMILES string of the molecule is CCC(=O)NC(C=C(N)c1ccccc1)=NC. The van der Waals surface area contributed by atoms with Crippen LogP contribution in [0.2, 0.25) is 0 Å². The van der Waals surface area contributed by atoms with Crippen LogP contribution in [-0.4, -0.2) is 18.8 Å². The van der Waals surface area contributed by atoms with Gasteiger partial charge in [-0.15, -0.1) is 0 Å². The summed E-state index contributed by atoms with van der Waals surface area (Å²) >= 11 is 0. The number of amides is 1. The van der Waals surface area contributed by atoms with Crippen molar-refractivity contribution in [3.8, 4) is 0 Å². The molecule has 0 radical (unpaired) electrons. The standard InChI is InChI=1S/C13H17N3O/c1-3-13(17)16-12(15-2)9-11(14)10-7-5-4-6-8-10/h4-9H,3,14H2,1-2H3,(H,15,16,17). The molecule has 3 N–H and O–H groups in total. The number of carbonyl (C=O) groups is 1. The summed E-state index contributed by atoms with van der Waals surface area (Å²) in [6.45, 7) is 1.78. The van der Waals surface area contributed by atoms with Gasteiger partial charge in [0.25, 0.3) is 0 Å². The molecule has 1 aromatic rings. The lowest BCUT2D eigenvalue weighted by Gasteiger charge is -2.05. The Bertz CT molecular complexity index is 435. The monoisotopic (exact) mass is 231 g/mol. The fraction of sp³-hybridized carbons (Fsp3) is 0.231. The Morgan fingerprint density at radius 3 is 2.59 bits per heavy atom. The first-order chi connectivity index (χ1) is 8.17. The van der Waals surface area contributed by atoms with Crippen molar-refractivity contribution in [2.75, 3.05) is 7.05 Å². The number of carbonyl (C=O) groups excluding carboxylic acids is 1. The molecular weight excluding hydrogens is 214 g/mol. The van der Waals surface area contributed by atoms with Crippen molar-refractivity contribution in [1.82, 2.24) is 5.32 Å². The van der Waals surface area contributed by atoms with Gasteiger partial charge in [0.2, 0.25) is 5.91 Å². The molecule has 0 saturated carbocycles. The molecular formula is C13H17N3O. The molecule has 17 heavy (non-hydrogen) atoms. The van der Waals surface area contributed by atoms with Crippen LogP contribution in [0.4, 0.5) is 0 Å². The molecule has 0 saturated heterocycles. The Balaban J connectivity index is 2.83. The van der Waals surface area contributed by atoms with Crippen molar-refractivity contribution < 1.29 is 4.79 Å². The number of aliphatic imine (C=N–C) groups is 1. The van der Waals surface area contributed by atoms with E-state index in [1.807, 2.05) is 30.3 Å². The van der Waals surface area contributed by atoms with Crippen LogP contribution >= 0.6 is 0 Å². The van der Waals surface area contributed by atoms with Gasteiger partial charge in [-0.05, 0) is 5.56 Å². The van der Waals surface area contributed by atoms with Crippen molar-refractivity contribution in [2.45, 2.75) is 13.3 Å². The van der Waals surface area contributed by atoms with Gasteiger partial charge in [0, 0.05) is 25.2 Å². The van der Waals surface area contributed by atoms with E-state index in [9.17, 15) is 4.79 Å². The van der Waals surface area contributed by atoms with E-state index in [0.717, 1.165) is 5.56 Å². The highest BCUT2D eigenvalue weighted by Gasteiger charge is 2.02. The molecule has 1 amide bonds. The molecule has 0 aliphatic heterocycles. The van der Waals surface area contributed by atoms with Crippen molar-refractivity contribution in [3.05, 3.63) is 42.0 Å². The second-order valence-corrected chi connectivity index (χ2v) is 3.48. The van der Waals surface area contributed by atoms with Crippen molar-refractivity contribution in [3.63, 3.8) is 0 Å². The first-order valence-electron chi connectivity index (χ1n) is 5.46. The van der Waals surface area contributed by atoms with Gasteiger partial charge in [-0.3, -0.25) is 9.79 Å². The molecule has 0 unspecified atom stereocenters. The summed E-state index contributed by atoms with van der Waals surface area (Å²) in [5, 5.41) is 2.67. The predicted molar refractivity (Wildman–Crippen MR) is 70.4 cm³/mol. The van der Waals surface area contributed by atoms with Crippen LogP contribution in [-0.2, 0) is 4.79 Å². The summed E-state index contributed by atoms with van der Waals surface area (Å²) < 4.78 is 0. The maximum absolute atomic E-state index is 11.2. The van der Waals surface area contributed by atoms with Gasteiger partial charge in [0.1, 0.15) is 5.84 Å². The van der Waals surface area contributed by atoms with Gasteiger partial charge in [-0.25, -0.2) is 0 Å². The third-order valence-corrected chi connectivity index (χ3v) is 2.23. The van der Waals surface area contributed by atoms with Gasteiger partial charge < -0.3 is 11.1 Å². The first kappa shape index (κ1) is 13.0. The van der Waals surface area contributed by atoms with Gasteiger partial charge >= 0.3 is 0 Å². The lowest BCUT2D eigenvalue weighted by atomic mass is 10.1. The largest absolute Gasteiger partial charge is 0.398 e. The number of nitrogens with one attached hydrogen (secondary N) is 1. The summed E-state index contributed by atoms with van der Waals surface area (Å²) in [6.07, 6.45) is 2.07. The van der Waals surface area contributed by atoms with Crippen LogP contribution in [0, 0.1) is 0 Å². The van der Waals surface area contributed by atoms with E-state index >= 15 is 0 Å². The summed E-state index contributed by atoms with van der Waals surface area (Å²) in [7, 11) is 1.61. The van der Waals surface area contributed by atoms with E-state index in [1.165, 1.54) is 0 Å². The average molecular weight is 231 g/mol. The Morgan fingerprint density at radius 2 is 2.06 bits per heavy atom. The maximum Gasteiger partial charge on any atom is 0.225 e. The normalized spacial score (nSPS) is 12.4. The molecule has 0 heterocycles. The van der Waals surface area contributed by atoms with Gasteiger partial charge in [-0.1, -0.05) is 37.3 Å². The molecule has 0 aromatic heterocycles. The number of amidine groups is 1. The first-order valence-corrected chi connectivity index (χ1v) is 5.46. The second kappa shape index (κ2) is 6.48. The molecule has 0 fully saturated rings. The van der Waals surface area contributed by atoms with Crippen LogP contribution in [0.25, 0.3) is 5.70 Å². The Hall–Kier alpha value is -2.10. The average Bonchev–Trinajstić information content (AvgIpc) is 2.38. The highest BCUT2D eigenvalue weighted by atomic mass is 16.1. The topological polar surface area (TPSA) is 67.5 Å². The van der Waals surface area contributed by atoms with Gasteiger partial charge in [0.05, 0.1) is 0 Å². The fourth-order valence-corrected chi connectivity index (χ4v) is 1.25. The highest BCUT2D eigenvalue weighted by molar-refractivity contribution is 6.07. The van der Waals surface area contributed by atoms with E-state index in [-0.39, 0.29) is 5.91 Å². The van der Waals surface area contributed by atoms with E-state index < -0.39 is 0 Å². The third-order valence-electron chi connectivity index (χ3n) is 2.23.